The molecule has 0 fully saturated rings. The van der Waals surface area contributed by atoms with Crippen LogP contribution in [0, 0.1) is 0 Å². The summed E-state index contributed by atoms with van der Waals surface area (Å²) in [5.74, 6) is -1.15. The molecule has 0 aliphatic carbocycles. The van der Waals surface area contributed by atoms with E-state index >= 15 is 0 Å². The van der Waals surface area contributed by atoms with E-state index < -0.39 is 58.3 Å². The summed E-state index contributed by atoms with van der Waals surface area (Å²) in [6.45, 7) is 3.08. The SMILES string of the molecule is CC(C)NC(=O)CNC(=O)c1ccc(C2=CC(c3cc(C(F)(F)F)cc(C(F)(F)F)c3)(C(F)(F)F)ON2)c2ccccc12. The molecule has 0 saturated heterocycles. The van der Waals surface area contributed by atoms with Gasteiger partial charge in [-0.05, 0) is 55.0 Å². The second kappa shape index (κ2) is 11.1. The number of hydrogen-bond donors (Lipinski definition) is 3. The summed E-state index contributed by atoms with van der Waals surface area (Å²) < 4.78 is 124. The molecule has 2 amide bonds. The van der Waals surface area contributed by atoms with Crippen molar-refractivity contribution in [2.24, 2.45) is 0 Å². The van der Waals surface area contributed by atoms with Gasteiger partial charge in [0.25, 0.3) is 5.91 Å². The number of alkyl halides is 9. The van der Waals surface area contributed by atoms with Gasteiger partial charge in [0.1, 0.15) is 0 Å². The van der Waals surface area contributed by atoms with Gasteiger partial charge in [-0.2, -0.15) is 39.5 Å². The minimum atomic E-state index is -5.53. The van der Waals surface area contributed by atoms with E-state index in [1.54, 1.807) is 13.8 Å². The molecule has 1 unspecified atom stereocenters. The van der Waals surface area contributed by atoms with Crippen molar-refractivity contribution in [3.05, 3.63) is 88.5 Å². The Morgan fingerprint density at radius 2 is 1.44 bits per heavy atom. The Kier molecular flexibility index (Phi) is 8.17. The Labute approximate surface area is 237 Å². The molecule has 3 aromatic carbocycles. The molecule has 0 bridgehead atoms. The fourth-order valence-corrected chi connectivity index (χ4v) is 4.51. The van der Waals surface area contributed by atoms with Crippen LogP contribution in [0.1, 0.15) is 46.5 Å². The van der Waals surface area contributed by atoms with Crippen LogP contribution in [0.2, 0.25) is 0 Å². The number of carbonyl (C=O) groups is 2. The molecule has 1 atom stereocenters. The topological polar surface area (TPSA) is 79.5 Å². The quantitative estimate of drug-likeness (QED) is 0.277. The number of hydrogen-bond acceptors (Lipinski definition) is 4. The first-order valence-electron chi connectivity index (χ1n) is 12.5. The molecule has 0 spiro atoms. The van der Waals surface area contributed by atoms with Crippen molar-refractivity contribution >= 4 is 28.3 Å². The van der Waals surface area contributed by atoms with Crippen molar-refractivity contribution in [2.45, 2.75) is 44.0 Å². The van der Waals surface area contributed by atoms with Crippen molar-refractivity contribution in [3.63, 3.8) is 0 Å². The highest BCUT2D eigenvalue weighted by molar-refractivity contribution is 6.10. The van der Waals surface area contributed by atoms with Gasteiger partial charge in [-0.15, -0.1) is 0 Å². The maximum Gasteiger partial charge on any atom is 0.428 e. The molecular formula is C28H22F9N3O3. The Morgan fingerprint density at radius 3 is 1.98 bits per heavy atom. The minimum absolute atomic E-state index is 0.00107. The third kappa shape index (κ3) is 6.40. The Hall–Kier alpha value is -4.27. The van der Waals surface area contributed by atoms with Crippen LogP contribution in [0.4, 0.5) is 39.5 Å². The highest BCUT2D eigenvalue weighted by atomic mass is 19.4. The fraction of sp³-hybridized carbons (Fsp3) is 0.286. The number of fused-ring (bicyclic) bond motifs is 1. The van der Waals surface area contributed by atoms with Crippen LogP contribution in [-0.2, 0) is 27.6 Å². The molecule has 230 valence electrons. The van der Waals surface area contributed by atoms with Gasteiger partial charge < -0.3 is 10.6 Å². The molecule has 4 rings (SSSR count). The molecule has 0 aromatic heterocycles. The number of rotatable bonds is 6. The van der Waals surface area contributed by atoms with Gasteiger partial charge in [-0.1, -0.05) is 30.3 Å². The number of benzene rings is 3. The summed E-state index contributed by atoms with van der Waals surface area (Å²) in [4.78, 5) is 29.6. The van der Waals surface area contributed by atoms with Crippen LogP contribution in [0.25, 0.3) is 16.5 Å². The van der Waals surface area contributed by atoms with Gasteiger partial charge in [0.15, 0.2) is 0 Å². The first-order chi connectivity index (χ1) is 19.8. The highest BCUT2D eigenvalue weighted by Gasteiger charge is 2.60. The van der Waals surface area contributed by atoms with Crippen LogP contribution in [-0.4, -0.2) is 30.6 Å². The van der Waals surface area contributed by atoms with Crippen LogP contribution in [0.3, 0.4) is 0 Å². The van der Waals surface area contributed by atoms with E-state index in [0.717, 1.165) is 0 Å². The normalized spacial score (nSPS) is 17.5. The van der Waals surface area contributed by atoms with Crippen LogP contribution < -0.4 is 16.1 Å². The first-order valence-corrected chi connectivity index (χ1v) is 12.5. The van der Waals surface area contributed by atoms with E-state index in [2.05, 4.69) is 10.6 Å². The second-order valence-corrected chi connectivity index (χ2v) is 9.90. The maximum atomic E-state index is 14.5. The summed E-state index contributed by atoms with van der Waals surface area (Å²) in [6.07, 6.45) is -16.0. The van der Waals surface area contributed by atoms with E-state index in [1.807, 2.05) is 5.48 Å². The third-order valence-corrected chi connectivity index (χ3v) is 6.43. The number of halogens is 9. The molecule has 1 aliphatic heterocycles. The van der Waals surface area contributed by atoms with E-state index in [0.29, 0.717) is 6.08 Å². The lowest BCUT2D eigenvalue weighted by molar-refractivity contribution is -0.269. The van der Waals surface area contributed by atoms with Crippen molar-refractivity contribution in [1.29, 1.82) is 0 Å². The monoisotopic (exact) mass is 619 g/mol. The lowest BCUT2D eigenvalue weighted by Gasteiger charge is -2.29. The van der Waals surface area contributed by atoms with Crippen LogP contribution >= 0.6 is 0 Å². The average Bonchev–Trinajstić information content (AvgIpc) is 3.36. The Morgan fingerprint density at radius 1 is 0.860 bits per heavy atom. The zero-order valence-corrected chi connectivity index (χ0v) is 22.2. The van der Waals surface area contributed by atoms with Crippen LogP contribution in [0.15, 0.2) is 60.7 Å². The number of nitrogens with one attached hydrogen (secondary N) is 3. The maximum absolute atomic E-state index is 14.5. The van der Waals surface area contributed by atoms with Crippen molar-refractivity contribution in [2.75, 3.05) is 6.54 Å². The van der Waals surface area contributed by atoms with Crippen molar-refractivity contribution in [3.8, 4) is 0 Å². The van der Waals surface area contributed by atoms with Crippen molar-refractivity contribution in [1.82, 2.24) is 16.1 Å². The molecule has 3 N–H and O–H groups in total. The molecule has 0 radical (unpaired) electrons. The van der Waals surface area contributed by atoms with E-state index in [9.17, 15) is 49.1 Å². The zero-order chi connectivity index (χ0) is 32.0. The predicted molar refractivity (Wildman–Crippen MR) is 136 cm³/mol. The molecule has 0 saturated carbocycles. The first kappa shape index (κ1) is 31.7. The number of hydroxylamine groups is 1. The average molecular weight is 619 g/mol. The lowest BCUT2D eigenvalue weighted by Crippen LogP contribution is -2.43. The van der Waals surface area contributed by atoms with E-state index in [-0.39, 0.29) is 52.7 Å². The molecule has 43 heavy (non-hydrogen) atoms. The molecule has 1 heterocycles. The summed E-state index contributed by atoms with van der Waals surface area (Å²) in [6, 6.07) is 7.84. The minimum Gasteiger partial charge on any atom is -0.352 e. The Balaban J connectivity index is 1.82. The Bertz CT molecular complexity index is 1560. The number of carbonyl (C=O) groups excluding carboxylic acids is 2. The molecule has 6 nitrogen and oxygen atoms in total. The fourth-order valence-electron chi connectivity index (χ4n) is 4.51. The third-order valence-electron chi connectivity index (χ3n) is 6.43. The number of amides is 2. The van der Waals surface area contributed by atoms with Crippen molar-refractivity contribution < 1.29 is 53.9 Å². The molecule has 1 aliphatic rings. The van der Waals surface area contributed by atoms with E-state index in [4.69, 9.17) is 4.84 Å². The van der Waals surface area contributed by atoms with Gasteiger partial charge in [-0.25, -0.2) is 0 Å². The molecular weight excluding hydrogens is 597 g/mol. The largest absolute Gasteiger partial charge is 0.428 e. The standard InChI is InChI=1S/C28H22F9N3O3/c1-14(2)39-23(41)13-38-24(42)21-8-7-20(18-5-3-4-6-19(18)21)22-12-25(43-40-22,28(35,36)37)15-9-16(26(29,30)31)11-17(10-15)27(32,33)34/h3-12,14,40H,13H2,1-2H3,(H,38,42)(H,39,41). The summed E-state index contributed by atoms with van der Waals surface area (Å²) in [7, 11) is 0. The summed E-state index contributed by atoms with van der Waals surface area (Å²) in [5, 5.41) is 5.45. The summed E-state index contributed by atoms with van der Waals surface area (Å²) in [5.41, 5.74) is -7.47. The van der Waals surface area contributed by atoms with E-state index in [1.165, 1.54) is 36.4 Å². The highest BCUT2D eigenvalue weighted by Crippen LogP contribution is 2.50. The summed E-state index contributed by atoms with van der Waals surface area (Å²) >= 11 is 0. The van der Waals surface area contributed by atoms with Gasteiger partial charge in [0, 0.05) is 22.7 Å². The predicted octanol–water partition coefficient (Wildman–Crippen LogP) is 6.47. The molecule has 3 aromatic rings. The van der Waals surface area contributed by atoms with Gasteiger partial charge in [-0.3, -0.25) is 19.9 Å². The van der Waals surface area contributed by atoms with Gasteiger partial charge in [0.05, 0.1) is 23.4 Å². The second-order valence-electron chi connectivity index (χ2n) is 9.90. The van der Waals surface area contributed by atoms with Crippen LogP contribution in [0.5, 0.6) is 0 Å². The van der Waals surface area contributed by atoms with Gasteiger partial charge in [0.2, 0.25) is 11.5 Å². The van der Waals surface area contributed by atoms with Gasteiger partial charge >= 0.3 is 18.5 Å². The molecule has 15 heteroatoms. The smallest absolute Gasteiger partial charge is 0.352 e. The zero-order valence-electron chi connectivity index (χ0n) is 22.2. The lowest BCUT2D eigenvalue weighted by atomic mass is 9.88.